The second-order valence-corrected chi connectivity index (χ2v) is 4.62. The smallest absolute Gasteiger partial charge is 0.404 e. The number of urea groups is 4. The lowest BCUT2D eigenvalue weighted by molar-refractivity contribution is 0.162. The number of ether oxygens (including phenoxy) is 4. The number of hydrogen-bond acceptors (Lipinski definition) is 12. The molecule has 0 aliphatic carbocycles. The van der Waals surface area contributed by atoms with Gasteiger partial charge in [0.05, 0.1) is 26.4 Å². The molecule has 0 aromatic heterocycles. The van der Waals surface area contributed by atoms with Crippen LogP contribution in [0.4, 0.5) is 38.4 Å². The fourth-order valence-electron chi connectivity index (χ4n) is 0.569. The molecular weight excluding hydrogens is 552 g/mol. The van der Waals surface area contributed by atoms with Crippen molar-refractivity contribution >= 4 is 48.5 Å². The van der Waals surface area contributed by atoms with Gasteiger partial charge in [-0.1, -0.05) is 0 Å². The molecular formula is C16H44N12O12. The maximum absolute atomic E-state index is 9.60. The van der Waals surface area contributed by atoms with Crippen LogP contribution in [0.1, 0.15) is 27.7 Å². The molecule has 0 aliphatic rings. The zero-order chi connectivity index (χ0) is 34.3. The summed E-state index contributed by atoms with van der Waals surface area (Å²) in [6, 6.07) is -3.33. The SMILES string of the molecule is CCOC(N)=O.CCOC(N)=O.CCOC(N)=O.CCOC(N)=O.NC(N)=O.NC(N)=O.NC(N)=O.NC(N)=O. The van der Waals surface area contributed by atoms with Gasteiger partial charge < -0.3 is 87.8 Å². The Morgan fingerprint density at radius 1 is 0.325 bits per heavy atom. The molecule has 0 aromatic rings. The minimum absolute atomic E-state index is 0.356. The van der Waals surface area contributed by atoms with Crippen LogP contribution in [0.15, 0.2) is 0 Å². The van der Waals surface area contributed by atoms with Crippen molar-refractivity contribution in [3.8, 4) is 0 Å². The van der Waals surface area contributed by atoms with Crippen LogP contribution >= 0.6 is 0 Å². The quantitative estimate of drug-likeness (QED) is 0.141. The number of nitrogens with two attached hydrogens (primary N) is 12. The van der Waals surface area contributed by atoms with Crippen molar-refractivity contribution in [1.82, 2.24) is 0 Å². The van der Waals surface area contributed by atoms with E-state index in [9.17, 15) is 19.2 Å². The molecule has 0 heterocycles. The van der Waals surface area contributed by atoms with Crippen LogP contribution in [-0.4, -0.2) is 74.9 Å². The van der Waals surface area contributed by atoms with Crippen molar-refractivity contribution in [3.05, 3.63) is 0 Å². The average Bonchev–Trinajstić information content (AvgIpc) is 2.67. The Hall–Kier alpha value is -5.84. The highest BCUT2D eigenvalue weighted by molar-refractivity contribution is 5.70. The number of carbonyl (C=O) groups excluding carboxylic acids is 8. The van der Waals surface area contributed by atoms with Crippen LogP contribution in [0.25, 0.3) is 0 Å². The topological polar surface area (TPSA) is 486 Å². The minimum atomic E-state index is -0.833. The third-order valence-electron chi connectivity index (χ3n) is 1.15. The Kier molecular flexibility index (Phi) is 68.8. The summed E-state index contributed by atoms with van der Waals surface area (Å²) in [5.74, 6) is 0. The third-order valence-corrected chi connectivity index (χ3v) is 1.15. The molecule has 0 aliphatic heterocycles. The standard InChI is InChI=1S/4C3H7NO2.4CH4N2O/c4*1-2-6-3(4)5;4*2-1(3)4/h4*2H2,1H3,(H2,4,5);4*(H4,2,3,4). The first-order valence-electron chi connectivity index (χ1n) is 9.90. The lowest BCUT2D eigenvalue weighted by Gasteiger charge is -1.89. The van der Waals surface area contributed by atoms with E-state index in [0.717, 1.165) is 0 Å². The van der Waals surface area contributed by atoms with Gasteiger partial charge in [-0.05, 0) is 27.7 Å². The highest BCUT2D eigenvalue weighted by atomic mass is 16.6. The van der Waals surface area contributed by atoms with Crippen molar-refractivity contribution in [3.63, 3.8) is 0 Å². The molecule has 0 aromatic carbocycles. The van der Waals surface area contributed by atoms with E-state index in [0.29, 0.717) is 26.4 Å². The molecule has 0 saturated carbocycles. The first kappa shape index (κ1) is 54.9. The summed E-state index contributed by atoms with van der Waals surface area (Å²) in [4.78, 5) is 74.4. The van der Waals surface area contributed by atoms with Gasteiger partial charge in [-0.3, -0.25) is 0 Å². The summed E-state index contributed by atoms with van der Waals surface area (Å²) in [6.45, 7) is 8.22. The van der Waals surface area contributed by atoms with Gasteiger partial charge >= 0.3 is 48.5 Å². The van der Waals surface area contributed by atoms with E-state index >= 15 is 0 Å². The van der Waals surface area contributed by atoms with E-state index in [2.05, 4.69) is 87.8 Å². The predicted molar refractivity (Wildman–Crippen MR) is 140 cm³/mol. The molecule has 0 atom stereocenters. The normalized spacial score (nSPS) is 6.90. The predicted octanol–water partition coefficient (Wildman–Crippen LogP) is -3.50. The Balaban J connectivity index is -0.0000000492. The Bertz CT molecular complexity index is 553. The monoisotopic (exact) mass is 596 g/mol. The number of carbonyl (C=O) groups is 8. The second-order valence-electron chi connectivity index (χ2n) is 4.62. The van der Waals surface area contributed by atoms with Gasteiger partial charge in [0.1, 0.15) is 0 Å². The molecule has 240 valence electrons. The van der Waals surface area contributed by atoms with Crippen LogP contribution in [0.2, 0.25) is 0 Å². The molecule has 24 nitrogen and oxygen atoms in total. The van der Waals surface area contributed by atoms with Gasteiger partial charge in [0.2, 0.25) is 0 Å². The molecule has 12 amide bonds. The fourth-order valence-corrected chi connectivity index (χ4v) is 0.569. The summed E-state index contributed by atoms with van der Waals surface area (Å²) in [7, 11) is 0. The molecule has 0 rings (SSSR count). The van der Waals surface area contributed by atoms with Gasteiger partial charge in [-0.2, -0.15) is 0 Å². The molecule has 0 bridgehead atoms. The maximum Gasteiger partial charge on any atom is 0.404 e. The molecule has 24 heteroatoms. The Labute approximate surface area is 229 Å². The van der Waals surface area contributed by atoms with E-state index in [1.807, 2.05) is 0 Å². The number of primary amides is 12. The van der Waals surface area contributed by atoms with Gasteiger partial charge in [0.15, 0.2) is 0 Å². The molecule has 0 unspecified atom stereocenters. The molecule has 0 spiro atoms. The summed E-state index contributed by atoms with van der Waals surface area (Å²) < 4.78 is 16.7. The minimum Gasteiger partial charge on any atom is -0.450 e. The van der Waals surface area contributed by atoms with Gasteiger partial charge in [0.25, 0.3) is 0 Å². The van der Waals surface area contributed by atoms with Crippen LogP contribution in [-0.2, 0) is 18.9 Å². The van der Waals surface area contributed by atoms with Crippen molar-refractivity contribution in [1.29, 1.82) is 0 Å². The largest absolute Gasteiger partial charge is 0.450 e. The van der Waals surface area contributed by atoms with E-state index in [4.69, 9.17) is 19.2 Å². The Morgan fingerprint density at radius 2 is 0.400 bits per heavy atom. The zero-order valence-corrected chi connectivity index (χ0v) is 22.7. The molecule has 0 fully saturated rings. The van der Waals surface area contributed by atoms with Crippen molar-refractivity contribution in [2.45, 2.75) is 27.7 Å². The van der Waals surface area contributed by atoms with Crippen molar-refractivity contribution in [2.24, 2.45) is 68.8 Å². The number of amides is 12. The first-order chi connectivity index (χ1) is 18.0. The lowest BCUT2D eigenvalue weighted by Crippen LogP contribution is -2.18. The molecule has 40 heavy (non-hydrogen) atoms. The second kappa shape index (κ2) is 50.1. The molecule has 0 saturated heterocycles. The summed E-state index contributed by atoms with van der Waals surface area (Å²) >= 11 is 0. The van der Waals surface area contributed by atoms with Gasteiger partial charge in [-0.25, -0.2) is 38.4 Å². The molecule has 24 N–H and O–H groups in total. The zero-order valence-electron chi connectivity index (χ0n) is 22.7. The van der Waals surface area contributed by atoms with E-state index in [1.54, 1.807) is 27.7 Å². The van der Waals surface area contributed by atoms with E-state index < -0.39 is 48.5 Å². The Morgan fingerprint density at radius 3 is 0.400 bits per heavy atom. The summed E-state index contributed by atoms with van der Waals surface area (Å²) in [5, 5.41) is 0. The first-order valence-corrected chi connectivity index (χ1v) is 9.90. The van der Waals surface area contributed by atoms with Gasteiger partial charge in [0, 0.05) is 0 Å². The van der Waals surface area contributed by atoms with Crippen molar-refractivity contribution in [2.75, 3.05) is 26.4 Å². The average molecular weight is 597 g/mol. The van der Waals surface area contributed by atoms with E-state index in [-0.39, 0.29) is 0 Å². The molecule has 0 radical (unpaired) electrons. The number of hydrogen-bond donors (Lipinski definition) is 12. The van der Waals surface area contributed by atoms with Crippen LogP contribution in [0, 0.1) is 0 Å². The van der Waals surface area contributed by atoms with Gasteiger partial charge in [-0.15, -0.1) is 0 Å². The van der Waals surface area contributed by atoms with E-state index in [1.165, 1.54) is 0 Å². The maximum atomic E-state index is 9.60. The number of rotatable bonds is 4. The lowest BCUT2D eigenvalue weighted by atomic mass is 10.9. The van der Waals surface area contributed by atoms with Crippen molar-refractivity contribution < 1.29 is 57.3 Å². The van der Waals surface area contributed by atoms with Crippen LogP contribution < -0.4 is 68.8 Å². The highest BCUT2D eigenvalue weighted by Crippen LogP contribution is 1.67. The third kappa shape index (κ3) is 823. The van der Waals surface area contributed by atoms with Crippen LogP contribution in [0.5, 0.6) is 0 Å². The summed E-state index contributed by atoms with van der Waals surface area (Å²) in [6.07, 6.45) is -2.84. The highest BCUT2D eigenvalue weighted by Gasteiger charge is 1.84. The summed E-state index contributed by atoms with van der Waals surface area (Å²) in [5.41, 5.74) is 52.2. The fraction of sp³-hybridized carbons (Fsp3) is 0.500. The van der Waals surface area contributed by atoms with Crippen LogP contribution in [0.3, 0.4) is 0 Å².